The minimum atomic E-state index is -1.65. The molecule has 0 bridgehead atoms. The number of methoxy groups -OCH3 is 1. The largest absolute Gasteiger partial charge is 0.390 e. The summed E-state index contributed by atoms with van der Waals surface area (Å²) in [6, 6.07) is -12.9. The van der Waals surface area contributed by atoms with Crippen molar-refractivity contribution in [2.75, 3.05) is 95.0 Å². The second-order valence-corrected chi connectivity index (χ2v) is 30.2. The number of nitrogens with zero attached hydrogens (tertiary/aromatic N) is 8. The van der Waals surface area contributed by atoms with Crippen LogP contribution in [0.2, 0.25) is 0 Å². The predicted molar refractivity (Wildman–Crippen MR) is 373 cm³/mol. The minimum absolute atomic E-state index is 0.0190. The van der Waals surface area contributed by atoms with Gasteiger partial charge in [-0.15, -0.1) is 11.8 Å². The number of thioether (sulfide) groups is 1. The van der Waals surface area contributed by atoms with E-state index in [1.807, 2.05) is 47.6 Å². The highest BCUT2D eigenvalue weighted by molar-refractivity contribution is 8.00. The predicted octanol–water partition coefficient (Wildman–Crippen LogP) is 3.43. The zero-order valence-electron chi connectivity index (χ0n) is 62.8. The standard InChI is InChI=1S/C69H124N12O14S/c1-26-28-29-45(13)56(82)55-60(86)72-48(27-2)62(88)80(24)68(96-35-32-81-30-33-95-34-31-81)67(93)77(21)52(39-69(16,17)94-25)59(85)73-53(43(9)10)65(91)74(18)49(36-40(3)4)58(84)70-46(14)57(83)71-47(15)61(87)75(19)50(37-41(5)6)63(89)76(20)51(38-42(7)8)64(90)78(22)54(44(11)12)66(92)79(55)23/h26,28,40-56,68,82H,27,29-39H2,1-25H3,(H,70,84)(H,71,83)(H,72,86)(H,73,85)/t45-,46+,47-,48+,49+,50+,51+,52+,53+,54+,55+,56-,68-/m1/s1. The third kappa shape index (κ3) is 24.2. The summed E-state index contributed by atoms with van der Waals surface area (Å²) in [6.07, 6.45) is 2.65. The summed E-state index contributed by atoms with van der Waals surface area (Å²) in [7, 11) is 11.5. The average Bonchev–Trinajstić information content (AvgIpc) is 0.825. The van der Waals surface area contributed by atoms with Gasteiger partial charge in [-0.1, -0.05) is 95.2 Å². The molecule has 27 heteroatoms. The molecule has 0 unspecified atom stereocenters. The highest BCUT2D eigenvalue weighted by Crippen LogP contribution is 2.28. The Bertz CT molecular complexity index is 2640. The van der Waals surface area contributed by atoms with E-state index in [9.17, 15) is 24.3 Å². The van der Waals surface area contributed by atoms with Crippen LogP contribution in [0.25, 0.3) is 0 Å². The van der Waals surface area contributed by atoms with E-state index in [4.69, 9.17) is 9.47 Å². The van der Waals surface area contributed by atoms with Crippen molar-refractivity contribution >= 4 is 76.7 Å². The van der Waals surface area contributed by atoms with E-state index >= 15 is 33.6 Å². The summed E-state index contributed by atoms with van der Waals surface area (Å²) in [5.74, 6) is -9.68. The molecule has 550 valence electrons. The van der Waals surface area contributed by atoms with E-state index < -0.39 is 160 Å². The van der Waals surface area contributed by atoms with Crippen molar-refractivity contribution < 1.29 is 67.3 Å². The quantitative estimate of drug-likeness (QED) is 0.109. The van der Waals surface area contributed by atoms with E-state index in [0.717, 1.165) is 16.7 Å². The van der Waals surface area contributed by atoms with Crippen LogP contribution in [-0.2, 0) is 62.2 Å². The number of nitrogens with one attached hydrogen (secondary N) is 4. The summed E-state index contributed by atoms with van der Waals surface area (Å²) >= 11 is 1.15. The smallest absolute Gasteiger partial charge is 0.256 e. The van der Waals surface area contributed by atoms with Crippen molar-refractivity contribution in [3.05, 3.63) is 12.2 Å². The molecule has 0 aromatic carbocycles. The number of morpholine rings is 1. The molecular formula is C69H124N12O14S. The molecule has 2 saturated heterocycles. The van der Waals surface area contributed by atoms with E-state index in [0.29, 0.717) is 45.0 Å². The number of likely N-dealkylation sites (N-methyl/N-ethyl adjacent to an activating group) is 7. The molecular weight excluding hydrogens is 1250 g/mol. The monoisotopic (exact) mass is 1380 g/mol. The first-order valence-corrected chi connectivity index (χ1v) is 35.4. The summed E-state index contributed by atoms with van der Waals surface area (Å²) in [6.45, 7) is 32.4. The number of carbonyl (C=O) groups is 11. The lowest BCUT2D eigenvalue weighted by Crippen LogP contribution is -2.64. The number of ether oxygens (including phenoxy) is 2. The molecule has 2 rings (SSSR count). The van der Waals surface area contributed by atoms with Crippen LogP contribution in [0.5, 0.6) is 0 Å². The maximum atomic E-state index is 15.5. The molecule has 2 heterocycles. The number of carbonyl (C=O) groups excluding carboxylic acids is 11. The number of rotatable bonds is 20. The molecule has 5 N–H and O–H groups in total. The lowest BCUT2D eigenvalue weighted by atomic mass is 9.91. The van der Waals surface area contributed by atoms with Crippen LogP contribution in [0.15, 0.2) is 12.2 Å². The Morgan fingerprint density at radius 2 is 1.02 bits per heavy atom. The number of hydrogen-bond acceptors (Lipinski definition) is 16. The Balaban J connectivity index is 3.14. The van der Waals surface area contributed by atoms with Crippen molar-refractivity contribution in [1.82, 2.24) is 60.5 Å². The second kappa shape index (κ2) is 39.6. The van der Waals surface area contributed by atoms with Gasteiger partial charge < -0.3 is 70.1 Å². The zero-order chi connectivity index (χ0) is 73.7. The highest BCUT2D eigenvalue weighted by atomic mass is 32.2. The van der Waals surface area contributed by atoms with Gasteiger partial charge in [-0.3, -0.25) is 57.6 Å². The molecule has 0 aromatic rings. The molecule has 0 saturated carbocycles. The van der Waals surface area contributed by atoms with Crippen molar-refractivity contribution in [2.45, 2.75) is 234 Å². The topological polar surface area (TPSA) is 300 Å². The summed E-state index contributed by atoms with van der Waals surface area (Å²) < 4.78 is 11.4. The first-order valence-electron chi connectivity index (χ1n) is 34.4. The van der Waals surface area contributed by atoms with Gasteiger partial charge in [0, 0.05) is 88.3 Å². The van der Waals surface area contributed by atoms with Crippen molar-refractivity contribution in [2.24, 2.45) is 35.5 Å². The van der Waals surface area contributed by atoms with Crippen LogP contribution in [-0.4, -0.2) is 282 Å². The summed E-state index contributed by atoms with van der Waals surface area (Å²) in [4.78, 5) is 176. The molecule has 96 heavy (non-hydrogen) atoms. The third-order valence-electron chi connectivity index (χ3n) is 18.5. The SMILES string of the molecule is CC=CC[C@@H](C)[C@@H](O)[C@H]1C(=O)N[C@@H](CC)C(=O)N(C)[C@H](SCCN2CCOCC2)C(=O)N(C)[C@@H](CC(C)(C)OC)C(=O)N[C@@H](C(C)C)C(=O)N(C)[C@@H](CC(C)C)C(=O)N[C@@H](C)C(=O)N[C@H](C)C(=O)N(C)[C@@H](CC(C)C)C(=O)N(C)[C@@H](CC(C)C)C(=O)N(C)[C@@H](C(C)C)C(=O)N1C. The van der Waals surface area contributed by atoms with E-state index in [1.165, 1.54) is 99.7 Å². The molecule has 2 fully saturated rings. The minimum Gasteiger partial charge on any atom is -0.390 e. The average molecular weight is 1380 g/mol. The van der Waals surface area contributed by atoms with Crippen LogP contribution in [0.4, 0.5) is 0 Å². The molecule has 11 amide bonds. The van der Waals surface area contributed by atoms with Gasteiger partial charge >= 0.3 is 0 Å². The van der Waals surface area contributed by atoms with Crippen molar-refractivity contribution in [1.29, 1.82) is 0 Å². The first kappa shape index (κ1) is 86.2. The first-order chi connectivity index (χ1) is 44.5. The Kier molecular flexibility index (Phi) is 35.6. The van der Waals surface area contributed by atoms with Gasteiger partial charge in [-0.25, -0.2) is 0 Å². The number of aliphatic hydroxyl groups is 1. The Hall–Kier alpha value is -5.90. The van der Waals surface area contributed by atoms with E-state index in [1.54, 1.807) is 68.4 Å². The molecule has 0 spiro atoms. The Morgan fingerprint density at radius 3 is 1.51 bits per heavy atom. The molecule has 2 aliphatic heterocycles. The fourth-order valence-electron chi connectivity index (χ4n) is 12.1. The van der Waals surface area contributed by atoms with Crippen molar-refractivity contribution in [3.8, 4) is 0 Å². The van der Waals surface area contributed by atoms with Gasteiger partial charge in [0.05, 0.1) is 24.9 Å². The highest BCUT2D eigenvalue weighted by Gasteiger charge is 2.47. The van der Waals surface area contributed by atoms with Crippen LogP contribution in [0.1, 0.15) is 156 Å². The Labute approximate surface area is 578 Å². The molecule has 2 aliphatic rings. The molecule has 26 nitrogen and oxygen atoms in total. The summed E-state index contributed by atoms with van der Waals surface area (Å²) in [5.41, 5.74) is -1.05. The van der Waals surface area contributed by atoms with Gasteiger partial charge in [0.2, 0.25) is 59.1 Å². The van der Waals surface area contributed by atoms with Gasteiger partial charge in [-0.2, -0.15) is 0 Å². The number of aliphatic hydroxyl groups excluding tert-OH is 1. The lowest BCUT2D eigenvalue weighted by Gasteiger charge is -2.41. The maximum absolute atomic E-state index is 15.5. The van der Waals surface area contributed by atoms with Crippen LogP contribution in [0.3, 0.4) is 0 Å². The number of allylic oxidation sites excluding steroid dienone is 2. The number of amides is 11. The van der Waals surface area contributed by atoms with Gasteiger partial charge in [0.1, 0.15) is 60.4 Å². The molecule has 0 aliphatic carbocycles. The second-order valence-electron chi connectivity index (χ2n) is 29.0. The van der Waals surface area contributed by atoms with Crippen LogP contribution >= 0.6 is 11.8 Å². The fourth-order valence-corrected chi connectivity index (χ4v) is 13.3. The third-order valence-corrected chi connectivity index (χ3v) is 19.8. The van der Waals surface area contributed by atoms with Gasteiger partial charge in [0.15, 0.2) is 5.37 Å². The van der Waals surface area contributed by atoms with E-state index in [-0.39, 0.29) is 49.9 Å². The zero-order valence-corrected chi connectivity index (χ0v) is 63.6. The molecule has 0 radical (unpaired) electrons. The summed E-state index contributed by atoms with van der Waals surface area (Å²) in [5, 5.41) is 22.2. The van der Waals surface area contributed by atoms with Crippen LogP contribution in [0, 0.1) is 35.5 Å². The fraction of sp³-hybridized carbons (Fsp3) is 0.812. The normalized spacial score (nSPS) is 27.3. The molecule has 0 aromatic heterocycles. The van der Waals surface area contributed by atoms with Gasteiger partial charge in [-0.05, 0) is 102 Å². The van der Waals surface area contributed by atoms with Crippen LogP contribution < -0.4 is 21.3 Å². The maximum Gasteiger partial charge on any atom is 0.256 e. The van der Waals surface area contributed by atoms with Crippen molar-refractivity contribution in [3.63, 3.8) is 0 Å². The van der Waals surface area contributed by atoms with E-state index in [2.05, 4.69) is 26.2 Å². The number of hydrogen-bond donors (Lipinski definition) is 5. The molecule has 13 atom stereocenters. The van der Waals surface area contributed by atoms with Gasteiger partial charge in [0.25, 0.3) is 5.91 Å². The lowest BCUT2D eigenvalue weighted by molar-refractivity contribution is -0.157. The Morgan fingerprint density at radius 1 is 0.552 bits per heavy atom.